The van der Waals surface area contributed by atoms with Gasteiger partial charge in [0.05, 0.1) is 5.75 Å². The van der Waals surface area contributed by atoms with Gasteiger partial charge in [0.25, 0.3) is 0 Å². The van der Waals surface area contributed by atoms with E-state index in [9.17, 15) is 4.79 Å². The third-order valence-electron chi connectivity index (χ3n) is 2.63. The van der Waals surface area contributed by atoms with Gasteiger partial charge in [0, 0.05) is 19.1 Å². The lowest BCUT2D eigenvalue weighted by atomic mass is 10.3. The summed E-state index contributed by atoms with van der Waals surface area (Å²) >= 11 is 1.13. The lowest BCUT2D eigenvalue weighted by Crippen LogP contribution is -2.30. The highest BCUT2D eigenvalue weighted by molar-refractivity contribution is 7.99. The molecule has 0 saturated carbocycles. The van der Waals surface area contributed by atoms with Gasteiger partial charge in [-0.2, -0.15) is 0 Å². The molecule has 0 unspecified atom stereocenters. The van der Waals surface area contributed by atoms with E-state index in [0.29, 0.717) is 23.7 Å². The number of carbonyl (C=O) groups is 1. The van der Waals surface area contributed by atoms with E-state index in [-0.39, 0.29) is 5.75 Å². The molecule has 0 aliphatic rings. The fourth-order valence-electron chi connectivity index (χ4n) is 1.26. The standard InChI is InChI=1S/C10H19N5O2S/c1-7(2)14(3)4-5-15-9(11)12-13-10(15)18-6-8(16)17/h7H,4-6H2,1-3H3,(H2,11,12)(H,16,17). The lowest BCUT2D eigenvalue weighted by molar-refractivity contribution is -0.133. The Kier molecular flexibility index (Phi) is 5.42. The van der Waals surface area contributed by atoms with Crippen molar-refractivity contribution in [3.05, 3.63) is 0 Å². The predicted molar refractivity (Wildman–Crippen MR) is 70.6 cm³/mol. The van der Waals surface area contributed by atoms with E-state index in [1.165, 1.54) is 0 Å². The summed E-state index contributed by atoms with van der Waals surface area (Å²) in [7, 11) is 2.02. The molecular formula is C10H19N5O2S. The zero-order chi connectivity index (χ0) is 13.7. The molecule has 0 saturated heterocycles. The number of hydrogen-bond donors (Lipinski definition) is 2. The number of rotatable bonds is 7. The summed E-state index contributed by atoms with van der Waals surface area (Å²) in [5, 5.41) is 16.8. The van der Waals surface area contributed by atoms with Crippen LogP contribution in [0.15, 0.2) is 5.16 Å². The molecule has 102 valence electrons. The van der Waals surface area contributed by atoms with Crippen molar-refractivity contribution in [2.45, 2.75) is 31.6 Å². The van der Waals surface area contributed by atoms with Gasteiger partial charge in [-0.1, -0.05) is 11.8 Å². The predicted octanol–water partition coefficient (Wildman–Crippen LogP) is 0.377. The summed E-state index contributed by atoms with van der Waals surface area (Å²) in [4.78, 5) is 12.7. The molecule has 8 heteroatoms. The monoisotopic (exact) mass is 273 g/mol. The van der Waals surface area contributed by atoms with Gasteiger partial charge in [-0.05, 0) is 20.9 Å². The molecule has 0 radical (unpaired) electrons. The Labute approximate surface area is 110 Å². The lowest BCUT2D eigenvalue weighted by Gasteiger charge is -2.21. The molecule has 0 aliphatic heterocycles. The number of aliphatic carboxylic acids is 1. The summed E-state index contributed by atoms with van der Waals surface area (Å²) < 4.78 is 1.74. The Hall–Kier alpha value is -1.28. The Morgan fingerprint density at radius 2 is 2.22 bits per heavy atom. The van der Waals surface area contributed by atoms with Crippen LogP contribution in [0.5, 0.6) is 0 Å². The summed E-state index contributed by atoms with van der Waals surface area (Å²) in [5.74, 6) is -0.606. The molecule has 0 spiro atoms. The minimum Gasteiger partial charge on any atom is -0.481 e. The molecule has 0 aliphatic carbocycles. The molecule has 0 bridgehead atoms. The van der Waals surface area contributed by atoms with Crippen LogP contribution in [0.2, 0.25) is 0 Å². The number of nitrogens with two attached hydrogens (primary N) is 1. The summed E-state index contributed by atoms with van der Waals surface area (Å²) in [6, 6.07) is 0.442. The molecule has 1 aromatic heterocycles. The van der Waals surface area contributed by atoms with Gasteiger partial charge in [0.2, 0.25) is 5.95 Å². The van der Waals surface area contributed by atoms with E-state index < -0.39 is 5.97 Å². The number of hydrogen-bond acceptors (Lipinski definition) is 6. The number of carboxylic acids is 1. The van der Waals surface area contributed by atoms with Crippen LogP contribution in [0.25, 0.3) is 0 Å². The average molecular weight is 273 g/mol. The Morgan fingerprint density at radius 1 is 1.56 bits per heavy atom. The van der Waals surface area contributed by atoms with Crippen LogP contribution >= 0.6 is 11.8 Å². The van der Waals surface area contributed by atoms with Crippen LogP contribution in [-0.2, 0) is 11.3 Å². The van der Waals surface area contributed by atoms with Gasteiger partial charge in [0.15, 0.2) is 5.16 Å². The maximum atomic E-state index is 10.5. The second-order valence-corrected chi connectivity index (χ2v) is 5.19. The van der Waals surface area contributed by atoms with Crippen LogP contribution in [0, 0.1) is 0 Å². The van der Waals surface area contributed by atoms with Crippen molar-refractivity contribution in [3.8, 4) is 0 Å². The van der Waals surface area contributed by atoms with E-state index in [2.05, 4.69) is 28.9 Å². The topological polar surface area (TPSA) is 97.3 Å². The number of nitrogens with zero attached hydrogens (tertiary/aromatic N) is 4. The number of carboxylic acid groups (broad SMARTS) is 1. The first-order valence-electron chi connectivity index (χ1n) is 5.65. The maximum absolute atomic E-state index is 10.5. The first-order valence-corrected chi connectivity index (χ1v) is 6.64. The Balaban J connectivity index is 2.63. The van der Waals surface area contributed by atoms with Gasteiger partial charge in [-0.25, -0.2) is 0 Å². The summed E-state index contributed by atoms with van der Waals surface area (Å²) in [6.45, 7) is 5.67. The molecule has 1 rings (SSSR count). The van der Waals surface area contributed by atoms with Crippen molar-refractivity contribution in [3.63, 3.8) is 0 Å². The Bertz CT molecular complexity index is 407. The third kappa shape index (κ3) is 4.19. The molecule has 7 nitrogen and oxygen atoms in total. The van der Waals surface area contributed by atoms with Gasteiger partial charge in [-0.3, -0.25) is 9.36 Å². The highest BCUT2D eigenvalue weighted by Gasteiger charge is 2.13. The fraction of sp³-hybridized carbons (Fsp3) is 0.700. The van der Waals surface area contributed by atoms with Crippen molar-refractivity contribution in [2.24, 2.45) is 0 Å². The molecule has 0 amide bonds. The van der Waals surface area contributed by atoms with E-state index in [1.54, 1.807) is 4.57 Å². The minimum atomic E-state index is -0.882. The quantitative estimate of drug-likeness (QED) is 0.693. The van der Waals surface area contributed by atoms with Gasteiger partial charge < -0.3 is 15.7 Å². The van der Waals surface area contributed by atoms with Crippen molar-refractivity contribution < 1.29 is 9.90 Å². The van der Waals surface area contributed by atoms with E-state index >= 15 is 0 Å². The second kappa shape index (κ2) is 6.60. The molecule has 0 aromatic carbocycles. The first kappa shape index (κ1) is 14.8. The second-order valence-electron chi connectivity index (χ2n) is 4.25. The first-order chi connectivity index (χ1) is 8.41. The molecule has 0 atom stereocenters. The van der Waals surface area contributed by atoms with Crippen molar-refractivity contribution in [2.75, 3.05) is 25.1 Å². The highest BCUT2D eigenvalue weighted by Crippen LogP contribution is 2.17. The molecule has 0 fully saturated rings. The molecule has 1 aromatic rings. The maximum Gasteiger partial charge on any atom is 0.313 e. The SMILES string of the molecule is CC(C)N(C)CCn1c(N)nnc1SCC(=O)O. The van der Waals surface area contributed by atoms with Crippen LogP contribution in [0.3, 0.4) is 0 Å². The van der Waals surface area contributed by atoms with Crippen molar-refractivity contribution >= 4 is 23.7 Å². The van der Waals surface area contributed by atoms with E-state index in [0.717, 1.165) is 18.3 Å². The molecule has 1 heterocycles. The van der Waals surface area contributed by atoms with Gasteiger partial charge >= 0.3 is 5.97 Å². The van der Waals surface area contributed by atoms with Crippen LogP contribution < -0.4 is 5.73 Å². The van der Waals surface area contributed by atoms with E-state index in [1.807, 2.05) is 7.05 Å². The molecule has 18 heavy (non-hydrogen) atoms. The summed E-state index contributed by atoms with van der Waals surface area (Å²) in [5.41, 5.74) is 5.72. The fourth-order valence-corrected chi connectivity index (χ4v) is 1.95. The number of likely N-dealkylation sites (N-methyl/N-ethyl adjacent to an activating group) is 1. The molecule has 3 N–H and O–H groups in total. The van der Waals surface area contributed by atoms with Gasteiger partial charge in [0.1, 0.15) is 0 Å². The largest absolute Gasteiger partial charge is 0.481 e. The zero-order valence-corrected chi connectivity index (χ0v) is 11.6. The van der Waals surface area contributed by atoms with Gasteiger partial charge in [-0.15, -0.1) is 10.2 Å². The third-order valence-corrected chi connectivity index (χ3v) is 3.58. The van der Waals surface area contributed by atoms with Crippen molar-refractivity contribution in [1.29, 1.82) is 0 Å². The average Bonchev–Trinajstić information content (AvgIpc) is 2.64. The normalized spacial score (nSPS) is 11.4. The minimum absolute atomic E-state index is 0.0435. The number of thioether (sulfide) groups is 1. The summed E-state index contributed by atoms with van der Waals surface area (Å²) in [6.07, 6.45) is 0. The van der Waals surface area contributed by atoms with Crippen LogP contribution in [-0.4, -0.2) is 56.1 Å². The zero-order valence-electron chi connectivity index (χ0n) is 10.8. The smallest absolute Gasteiger partial charge is 0.313 e. The number of anilines is 1. The van der Waals surface area contributed by atoms with E-state index in [4.69, 9.17) is 10.8 Å². The highest BCUT2D eigenvalue weighted by atomic mass is 32.2. The number of aromatic nitrogens is 3. The molecular weight excluding hydrogens is 254 g/mol. The number of nitrogen functional groups attached to an aromatic ring is 1. The Morgan fingerprint density at radius 3 is 2.78 bits per heavy atom. The van der Waals surface area contributed by atoms with Crippen molar-refractivity contribution in [1.82, 2.24) is 19.7 Å². The van der Waals surface area contributed by atoms with Crippen LogP contribution in [0.4, 0.5) is 5.95 Å². The van der Waals surface area contributed by atoms with Crippen LogP contribution in [0.1, 0.15) is 13.8 Å².